The lowest BCUT2D eigenvalue weighted by atomic mass is 9.78. The number of amides is 1. The van der Waals surface area contributed by atoms with Crippen molar-refractivity contribution in [1.82, 2.24) is 15.4 Å². The summed E-state index contributed by atoms with van der Waals surface area (Å²) in [4.78, 5) is 15.9. The first-order valence-electron chi connectivity index (χ1n) is 14.1. The molecule has 2 fully saturated rings. The summed E-state index contributed by atoms with van der Waals surface area (Å²) in [6, 6.07) is 14.5. The van der Waals surface area contributed by atoms with Gasteiger partial charge in [-0.2, -0.15) is 10.3 Å². The molecule has 0 saturated heterocycles. The molecule has 3 aromatic rings. The number of nitrogens with zero attached hydrogens (tertiary/aromatic N) is 3. The zero-order chi connectivity index (χ0) is 27.2. The molecule has 0 radical (unpaired) electrons. The SMILES string of the molecule is COc1ccc(C2CCC(CN(C(=O)C3CCC(O)CC3)c3cccc(C#Cc4cn[nH]n4)c3)CC2)cc1C. The van der Waals surface area contributed by atoms with E-state index in [1.807, 2.05) is 29.2 Å². The van der Waals surface area contributed by atoms with Crippen molar-refractivity contribution < 1.29 is 14.6 Å². The molecule has 1 heterocycles. The molecule has 0 spiro atoms. The number of ether oxygens (including phenoxy) is 1. The van der Waals surface area contributed by atoms with Gasteiger partial charge in [0, 0.05) is 23.7 Å². The van der Waals surface area contributed by atoms with E-state index in [1.54, 1.807) is 13.3 Å². The van der Waals surface area contributed by atoms with E-state index < -0.39 is 0 Å². The fourth-order valence-corrected chi connectivity index (χ4v) is 6.11. The number of hydrogen-bond donors (Lipinski definition) is 2. The number of methoxy groups -OCH3 is 1. The molecule has 2 aliphatic carbocycles. The molecule has 1 aromatic heterocycles. The molecule has 2 aromatic carbocycles. The van der Waals surface area contributed by atoms with Crippen molar-refractivity contribution in [2.24, 2.45) is 11.8 Å². The minimum absolute atomic E-state index is 0.0446. The molecular weight excluding hydrogens is 488 g/mol. The van der Waals surface area contributed by atoms with Crippen LogP contribution in [0.4, 0.5) is 5.69 Å². The molecule has 1 amide bonds. The Balaban J connectivity index is 1.31. The largest absolute Gasteiger partial charge is 0.496 e. The zero-order valence-electron chi connectivity index (χ0n) is 22.9. The van der Waals surface area contributed by atoms with E-state index in [2.05, 4.69) is 52.4 Å². The highest BCUT2D eigenvalue weighted by Crippen LogP contribution is 2.38. The van der Waals surface area contributed by atoms with Gasteiger partial charge >= 0.3 is 0 Å². The van der Waals surface area contributed by atoms with Crippen LogP contribution in [-0.4, -0.2) is 46.2 Å². The maximum absolute atomic E-state index is 13.9. The molecule has 39 heavy (non-hydrogen) atoms. The number of carbonyl (C=O) groups excluding carboxylic acids is 1. The normalized spacial score (nSPS) is 22.9. The van der Waals surface area contributed by atoms with E-state index in [-0.39, 0.29) is 17.9 Å². The molecule has 0 atom stereocenters. The molecule has 0 aliphatic heterocycles. The minimum Gasteiger partial charge on any atom is -0.496 e. The van der Waals surface area contributed by atoms with E-state index in [0.717, 1.165) is 55.5 Å². The molecule has 0 unspecified atom stereocenters. The van der Waals surface area contributed by atoms with Crippen molar-refractivity contribution in [3.8, 4) is 17.6 Å². The number of rotatable bonds is 6. The Morgan fingerprint density at radius 1 is 1.05 bits per heavy atom. The smallest absolute Gasteiger partial charge is 0.230 e. The number of carbonyl (C=O) groups is 1. The van der Waals surface area contributed by atoms with Gasteiger partial charge in [-0.15, -0.1) is 5.10 Å². The van der Waals surface area contributed by atoms with Crippen molar-refractivity contribution >= 4 is 11.6 Å². The second-order valence-electron chi connectivity index (χ2n) is 11.1. The summed E-state index contributed by atoms with van der Waals surface area (Å²) in [6.45, 7) is 2.82. The molecule has 2 saturated carbocycles. The van der Waals surface area contributed by atoms with Gasteiger partial charge in [0.2, 0.25) is 5.91 Å². The third kappa shape index (κ3) is 6.69. The second-order valence-corrected chi connectivity index (χ2v) is 11.1. The molecule has 7 nitrogen and oxygen atoms in total. The Labute approximate surface area is 231 Å². The summed E-state index contributed by atoms with van der Waals surface area (Å²) in [5.74, 6) is 8.24. The number of aliphatic hydroxyl groups excluding tert-OH is 1. The van der Waals surface area contributed by atoms with E-state index in [0.29, 0.717) is 36.9 Å². The van der Waals surface area contributed by atoms with Crippen LogP contribution in [0.1, 0.15) is 79.7 Å². The van der Waals surface area contributed by atoms with Gasteiger partial charge < -0.3 is 14.7 Å². The monoisotopic (exact) mass is 526 g/mol. The van der Waals surface area contributed by atoms with Gasteiger partial charge in [0.15, 0.2) is 5.69 Å². The van der Waals surface area contributed by atoms with Crippen molar-refractivity contribution in [3.63, 3.8) is 0 Å². The Hall–Kier alpha value is -3.63. The fourth-order valence-electron chi connectivity index (χ4n) is 6.11. The van der Waals surface area contributed by atoms with Gasteiger partial charge in [0.25, 0.3) is 0 Å². The lowest BCUT2D eigenvalue weighted by Crippen LogP contribution is -2.41. The lowest BCUT2D eigenvalue weighted by molar-refractivity contribution is -0.124. The Kier molecular flexibility index (Phi) is 8.63. The number of benzene rings is 2. The minimum atomic E-state index is -0.283. The number of hydrogen-bond acceptors (Lipinski definition) is 5. The Morgan fingerprint density at radius 3 is 2.54 bits per heavy atom. The van der Waals surface area contributed by atoms with Crippen LogP contribution in [0.2, 0.25) is 0 Å². The first kappa shape index (κ1) is 27.0. The number of aryl methyl sites for hydroxylation is 1. The predicted molar refractivity (Wildman–Crippen MR) is 152 cm³/mol. The number of H-pyrrole nitrogens is 1. The second kappa shape index (κ2) is 12.5. The highest BCUT2D eigenvalue weighted by molar-refractivity contribution is 5.95. The third-order valence-electron chi connectivity index (χ3n) is 8.40. The van der Waals surface area contributed by atoms with E-state index in [9.17, 15) is 9.90 Å². The van der Waals surface area contributed by atoms with Crippen molar-refractivity contribution in [2.75, 3.05) is 18.6 Å². The summed E-state index contributed by atoms with van der Waals surface area (Å²) in [6.07, 6.45) is 8.61. The Bertz CT molecular complexity index is 1310. The van der Waals surface area contributed by atoms with Gasteiger partial charge in [-0.05, 0) is 111 Å². The fraction of sp³-hybridized carbons (Fsp3) is 0.469. The molecular formula is C32H38N4O3. The van der Waals surface area contributed by atoms with Gasteiger partial charge in [0.1, 0.15) is 5.75 Å². The predicted octanol–water partition coefficient (Wildman–Crippen LogP) is 5.38. The van der Waals surface area contributed by atoms with Crippen molar-refractivity contribution in [1.29, 1.82) is 0 Å². The van der Waals surface area contributed by atoms with E-state index in [1.165, 1.54) is 11.1 Å². The average Bonchev–Trinajstić information content (AvgIpc) is 3.49. The number of anilines is 1. The van der Waals surface area contributed by atoms with Crippen LogP contribution in [0.15, 0.2) is 48.7 Å². The van der Waals surface area contributed by atoms with Crippen LogP contribution >= 0.6 is 0 Å². The van der Waals surface area contributed by atoms with Crippen LogP contribution in [0.3, 0.4) is 0 Å². The topological polar surface area (TPSA) is 91.3 Å². The van der Waals surface area contributed by atoms with Crippen LogP contribution in [0.5, 0.6) is 5.75 Å². The standard InChI is InChI=1S/C32H38N4O3/c1-22-18-27(13-17-31(22)39-2)25-9-6-24(7-10-25)21-36(32(38)26-11-15-30(37)16-12-26)29-5-3-4-23(19-29)8-14-28-20-33-35-34-28/h3-5,13,17-20,24-26,30,37H,6-7,9-12,15-16,21H2,1-2H3,(H,33,34,35). The molecule has 0 bridgehead atoms. The summed E-state index contributed by atoms with van der Waals surface area (Å²) < 4.78 is 5.44. The first-order valence-corrected chi connectivity index (χ1v) is 14.1. The highest BCUT2D eigenvalue weighted by Gasteiger charge is 2.32. The average molecular weight is 527 g/mol. The zero-order valence-corrected chi connectivity index (χ0v) is 22.9. The summed E-state index contributed by atoms with van der Waals surface area (Å²) in [7, 11) is 1.72. The molecule has 2 N–H and O–H groups in total. The lowest BCUT2D eigenvalue weighted by Gasteiger charge is -2.36. The maximum atomic E-state index is 13.9. The van der Waals surface area contributed by atoms with Gasteiger partial charge in [-0.25, -0.2) is 0 Å². The Morgan fingerprint density at radius 2 is 1.85 bits per heavy atom. The van der Waals surface area contributed by atoms with Gasteiger partial charge in [-0.3, -0.25) is 4.79 Å². The van der Waals surface area contributed by atoms with Gasteiger partial charge in [-0.1, -0.05) is 24.1 Å². The molecule has 7 heteroatoms. The van der Waals surface area contributed by atoms with Crippen LogP contribution in [-0.2, 0) is 4.79 Å². The van der Waals surface area contributed by atoms with Crippen molar-refractivity contribution in [3.05, 3.63) is 71.0 Å². The summed E-state index contributed by atoms with van der Waals surface area (Å²) >= 11 is 0. The maximum Gasteiger partial charge on any atom is 0.230 e. The number of aromatic nitrogens is 3. The van der Waals surface area contributed by atoms with Crippen LogP contribution in [0.25, 0.3) is 0 Å². The molecule has 2 aliphatic rings. The van der Waals surface area contributed by atoms with E-state index >= 15 is 0 Å². The number of aromatic amines is 1. The van der Waals surface area contributed by atoms with Gasteiger partial charge in [0.05, 0.1) is 19.4 Å². The first-order chi connectivity index (χ1) is 19.0. The number of nitrogens with one attached hydrogen (secondary N) is 1. The number of aliphatic hydroxyl groups is 1. The molecule has 204 valence electrons. The molecule has 5 rings (SSSR count). The van der Waals surface area contributed by atoms with Crippen molar-refractivity contribution in [2.45, 2.75) is 70.3 Å². The van der Waals surface area contributed by atoms with E-state index in [4.69, 9.17) is 4.74 Å². The summed E-state index contributed by atoms with van der Waals surface area (Å²) in [5.41, 5.74) is 4.88. The highest BCUT2D eigenvalue weighted by atomic mass is 16.5. The van der Waals surface area contributed by atoms with Crippen LogP contribution < -0.4 is 9.64 Å². The third-order valence-corrected chi connectivity index (χ3v) is 8.40. The quantitative estimate of drug-likeness (QED) is 0.421. The van der Waals surface area contributed by atoms with Crippen LogP contribution in [0, 0.1) is 30.6 Å². The summed E-state index contributed by atoms with van der Waals surface area (Å²) in [5, 5.41) is 20.4.